The molecule has 48 heavy (non-hydrogen) atoms. The number of anilines is 1. The van der Waals surface area contributed by atoms with Crippen LogP contribution in [-0.2, 0) is 10.0 Å². The van der Waals surface area contributed by atoms with Crippen molar-refractivity contribution in [1.29, 1.82) is 0 Å². The van der Waals surface area contributed by atoms with Gasteiger partial charge in [0.15, 0.2) is 0 Å². The van der Waals surface area contributed by atoms with E-state index < -0.39 is 33.6 Å². The highest BCUT2D eigenvalue weighted by Crippen LogP contribution is 2.62. The van der Waals surface area contributed by atoms with Gasteiger partial charge in [0.1, 0.15) is 6.61 Å². The van der Waals surface area contributed by atoms with Crippen molar-refractivity contribution < 1.29 is 31.1 Å². The third-order valence-corrected chi connectivity index (χ3v) is 12.3. The molecular formula is C35H40F3N5O4S. The quantitative estimate of drug-likeness (QED) is 0.333. The average molecular weight is 684 g/mol. The third-order valence-electron chi connectivity index (χ3n) is 11.0. The van der Waals surface area contributed by atoms with Crippen LogP contribution in [0.5, 0.6) is 5.88 Å². The van der Waals surface area contributed by atoms with E-state index in [-0.39, 0.29) is 59.6 Å². The van der Waals surface area contributed by atoms with Gasteiger partial charge in [0, 0.05) is 29.3 Å². The molecule has 1 amide bonds. The van der Waals surface area contributed by atoms with Crippen LogP contribution >= 0.6 is 0 Å². The first-order valence-electron chi connectivity index (χ1n) is 16.4. The minimum Gasteiger partial charge on any atom is -0.475 e. The van der Waals surface area contributed by atoms with Crippen LogP contribution < -0.4 is 9.46 Å². The van der Waals surface area contributed by atoms with Gasteiger partial charge in [-0.05, 0) is 108 Å². The molecule has 2 heterocycles. The second kappa shape index (κ2) is 11.4. The van der Waals surface area contributed by atoms with Crippen molar-refractivity contribution in [3.63, 3.8) is 0 Å². The Morgan fingerprint density at radius 3 is 2.29 bits per heavy atom. The van der Waals surface area contributed by atoms with Crippen LogP contribution in [0.1, 0.15) is 66.4 Å². The fourth-order valence-corrected chi connectivity index (χ4v) is 9.03. The molecule has 3 aliphatic carbocycles. The number of aromatic nitrogens is 2. The summed E-state index contributed by atoms with van der Waals surface area (Å²) < 4.78 is 79.4. The highest BCUT2D eigenvalue weighted by Gasteiger charge is 2.65. The zero-order valence-electron chi connectivity index (χ0n) is 27.5. The molecule has 13 heteroatoms. The first-order chi connectivity index (χ1) is 22.6. The number of fused-ring (bicyclic) bond motifs is 4. The number of nitrogens with zero attached hydrogens (tertiary/aromatic N) is 4. The number of halogens is 3. The van der Waals surface area contributed by atoms with Crippen LogP contribution in [-0.4, -0.2) is 79.1 Å². The van der Waals surface area contributed by atoms with Crippen LogP contribution in [0.15, 0.2) is 53.4 Å². The zero-order valence-corrected chi connectivity index (χ0v) is 28.3. The average Bonchev–Trinajstić information content (AvgIpc) is 3.76. The van der Waals surface area contributed by atoms with E-state index in [1.165, 1.54) is 24.3 Å². The number of ether oxygens (including phenoxy) is 1. The van der Waals surface area contributed by atoms with E-state index in [0.29, 0.717) is 24.6 Å². The van der Waals surface area contributed by atoms with Gasteiger partial charge in [-0.3, -0.25) is 4.79 Å². The predicted molar refractivity (Wildman–Crippen MR) is 174 cm³/mol. The summed E-state index contributed by atoms with van der Waals surface area (Å²) in [4.78, 5) is 26.9. The fraction of sp³-hybridized carbons (Fsp3) is 0.514. The lowest BCUT2D eigenvalue weighted by molar-refractivity contribution is -0.194. The van der Waals surface area contributed by atoms with Crippen molar-refractivity contribution in [1.82, 2.24) is 19.8 Å². The van der Waals surface area contributed by atoms with Crippen molar-refractivity contribution in [3.8, 4) is 17.1 Å². The number of carbonyl (C=O) groups is 1. The number of nitrogens with one attached hydrogen (secondary N) is 1. The van der Waals surface area contributed by atoms with Gasteiger partial charge < -0.3 is 14.5 Å². The second-order valence-electron chi connectivity index (χ2n) is 14.6. The fourth-order valence-electron chi connectivity index (χ4n) is 8.04. The Morgan fingerprint density at radius 1 is 1.00 bits per heavy atom. The maximum absolute atomic E-state index is 14.5. The SMILES string of the molecule is Cc1cccc(C)c1-c1cc2nc(n1)NS(=O)(=O)c1cccc(c1)C(=O)N(C1CC3(CC(N(C)C)C3)C1)[C@H](CC1(C(F)(F)F)CC1)CO2. The molecule has 1 aromatic heterocycles. The van der Waals surface area contributed by atoms with E-state index in [9.17, 15) is 26.4 Å². The number of sulfonamides is 1. The van der Waals surface area contributed by atoms with Gasteiger partial charge in [0.05, 0.1) is 22.0 Å². The molecular weight excluding hydrogens is 643 g/mol. The molecule has 4 bridgehead atoms. The van der Waals surface area contributed by atoms with Gasteiger partial charge in [-0.1, -0.05) is 24.3 Å². The van der Waals surface area contributed by atoms with Crippen LogP contribution in [0.3, 0.4) is 0 Å². The van der Waals surface area contributed by atoms with E-state index in [0.717, 1.165) is 29.5 Å². The molecule has 1 aliphatic heterocycles. The highest BCUT2D eigenvalue weighted by molar-refractivity contribution is 7.92. The molecule has 3 saturated carbocycles. The van der Waals surface area contributed by atoms with Crippen LogP contribution in [0.25, 0.3) is 11.3 Å². The zero-order chi connectivity index (χ0) is 34.2. The summed E-state index contributed by atoms with van der Waals surface area (Å²) in [6.07, 6.45) is -1.50. The van der Waals surface area contributed by atoms with Gasteiger partial charge in [-0.2, -0.15) is 18.2 Å². The maximum atomic E-state index is 14.5. The van der Waals surface area contributed by atoms with Crippen molar-refractivity contribution in [2.24, 2.45) is 10.8 Å². The van der Waals surface area contributed by atoms with Gasteiger partial charge in [0.2, 0.25) is 11.8 Å². The summed E-state index contributed by atoms with van der Waals surface area (Å²) in [6.45, 7) is 3.56. The Bertz CT molecular complexity index is 1840. The third kappa shape index (κ3) is 5.82. The molecule has 0 unspecified atom stereocenters. The van der Waals surface area contributed by atoms with E-state index in [1.807, 2.05) is 46.1 Å². The summed E-state index contributed by atoms with van der Waals surface area (Å²) in [7, 11) is -0.189. The minimum absolute atomic E-state index is 0.00142. The number of amides is 1. The molecule has 1 spiro atoms. The number of hydrogen-bond donors (Lipinski definition) is 1. The first-order valence-corrected chi connectivity index (χ1v) is 17.8. The number of benzene rings is 2. The highest BCUT2D eigenvalue weighted by atomic mass is 32.2. The summed E-state index contributed by atoms with van der Waals surface area (Å²) in [5.41, 5.74) is 1.16. The molecule has 0 saturated heterocycles. The van der Waals surface area contributed by atoms with Gasteiger partial charge in [-0.25, -0.2) is 18.1 Å². The Kier molecular flexibility index (Phi) is 7.82. The number of alkyl halides is 3. The van der Waals surface area contributed by atoms with Crippen molar-refractivity contribution >= 4 is 21.9 Å². The molecule has 7 rings (SSSR count). The summed E-state index contributed by atoms with van der Waals surface area (Å²) >= 11 is 0. The monoisotopic (exact) mass is 683 g/mol. The molecule has 1 N–H and O–H groups in total. The Morgan fingerprint density at radius 2 is 1.67 bits per heavy atom. The lowest BCUT2D eigenvalue weighted by Gasteiger charge is -2.62. The van der Waals surface area contributed by atoms with E-state index >= 15 is 0 Å². The maximum Gasteiger partial charge on any atom is 0.394 e. The number of hydrogen-bond acceptors (Lipinski definition) is 7. The van der Waals surface area contributed by atoms with E-state index in [1.54, 1.807) is 11.0 Å². The predicted octanol–water partition coefficient (Wildman–Crippen LogP) is 6.37. The van der Waals surface area contributed by atoms with Crippen molar-refractivity contribution in [2.75, 3.05) is 25.4 Å². The standard InChI is InChI=1S/C35H40F3N5O4S/c1-21-7-5-8-22(2)30(21)28-14-29-40-32(39-28)41-48(45,46)27-10-6-9-23(13-27)31(44)43(25-17-33(18-25)15-24(16-33)42(3)4)26(20-47-29)19-34(11-12-34)35(36,37)38/h5-10,13-14,24-26H,11-12,15-20H2,1-4H3,(H,39,40,41)/t24?,25?,26-,33?/m1/s1. The first kappa shape index (κ1) is 32.8. The van der Waals surface area contributed by atoms with Gasteiger partial charge in [0.25, 0.3) is 15.9 Å². The number of carbonyl (C=O) groups excluding carboxylic acids is 1. The van der Waals surface area contributed by atoms with E-state index in [2.05, 4.69) is 19.6 Å². The summed E-state index contributed by atoms with van der Waals surface area (Å²) in [5, 5.41) is 0. The second-order valence-corrected chi connectivity index (χ2v) is 16.2. The van der Waals surface area contributed by atoms with E-state index in [4.69, 9.17) is 4.74 Å². The molecule has 3 aromatic rings. The molecule has 3 fully saturated rings. The summed E-state index contributed by atoms with van der Waals surface area (Å²) in [6, 6.07) is 12.1. The Labute approximate surface area is 278 Å². The van der Waals surface area contributed by atoms with Crippen molar-refractivity contribution in [3.05, 3.63) is 65.2 Å². The molecule has 256 valence electrons. The number of aryl methyl sites for hydroxylation is 2. The molecule has 2 aromatic carbocycles. The van der Waals surface area contributed by atoms with Gasteiger partial charge >= 0.3 is 6.18 Å². The van der Waals surface area contributed by atoms with Crippen LogP contribution in [0.2, 0.25) is 0 Å². The molecule has 9 nitrogen and oxygen atoms in total. The Hall–Kier alpha value is -3.71. The van der Waals surface area contributed by atoms with Crippen LogP contribution in [0, 0.1) is 24.7 Å². The molecule has 0 radical (unpaired) electrons. The Balaban J connectivity index is 1.33. The molecule has 4 aliphatic rings. The minimum atomic E-state index is -4.44. The normalized spacial score (nSPS) is 27.5. The van der Waals surface area contributed by atoms with Crippen molar-refractivity contribution in [2.45, 2.75) is 88.0 Å². The lowest BCUT2D eigenvalue weighted by Crippen LogP contribution is -2.63. The molecule has 1 atom stereocenters. The smallest absolute Gasteiger partial charge is 0.394 e. The number of rotatable bonds is 5. The van der Waals surface area contributed by atoms with Gasteiger partial charge in [-0.15, -0.1) is 0 Å². The summed E-state index contributed by atoms with van der Waals surface area (Å²) in [5.74, 6) is -0.751. The van der Waals surface area contributed by atoms with Crippen LogP contribution in [0.4, 0.5) is 19.1 Å². The largest absolute Gasteiger partial charge is 0.475 e. The topological polar surface area (TPSA) is 105 Å². The lowest BCUT2D eigenvalue weighted by atomic mass is 9.51.